The smallest absolute Gasteiger partial charge is 0.296 e. The van der Waals surface area contributed by atoms with Gasteiger partial charge in [-0.3, -0.25) is 14.5 Å². The van der Waals surface area contributed by atoms with E-state index in [0.29, 0.717) is 33.6 Å². The normalized spacial score (nSPS) is 15.8. The highest BCUT2D eigenvalue weighted by Gasteiger charge is 2.45. The van der Waals surface area contributed by atoms with E-state index in [0.717, 1.165) is 10.3 Å². The quantitative estimate of drug-likeness (QED) is 0.246. The third-order valence-corrected chi connectivity index (χ3v) is 7.58. The van der Waals surface area contributed by atoms with Gasteiger partial charge in [-0.1, -0.05) is 77.0 Å². The number of benzene rings is 3. The van der Waals surface area contributed by atoms with Crippen molar-refractivity contribution in [2.45, 2.75) is 13.0 Å². The fraction of sp³-hybridized carbons (Fsp3) is 0.107. The molecule has 1 atom stereocenters. The molecule has 0 bridgehead atoms. The Morgan fingerprint density at radius 1 is 1.11 bits per heavy atom. The summed E-state index contributed by atoms with van der Waals surface area (Å²) < 4.78 is 6.38. The summed E-state index contributed by atoms with van der Waals surface area (Å²) in [7, 11) is 0. The van der Waals surface area contributed by atoms with Crippen LogP contribution < -0.4 is 9.64 Å². The maximum Gasteiger partial charge on any atom is 0.296 e. The molecule has 37 heavy (non-hydrogen) atoms. The molecule has 0 aliphatic carbocycles. The molecular formula is C28H20Cl2N2O4S. The Morgan fingerprint density at radius 2 is 1.89 bits per heavy atom. The number of halogens is 2. The van der Waals surface area contributed by atoms with Crippen molar-refractivity contribution in [3.63, 3.8) is 0 Å². The van der Waals surface area contributed by atoms with Gasteiger partial charge in [0.2, 0.25) is 0 Å². The summed E-state index contributed by atoms with van der Waals surface area (Å²) in [6.45, 7) is 2.41. The molecule has 6 nitrogen and oxygen atoms in total. The summed E-state index contributed by atoms with van der Waals surface area (Å²) in [6.07, 6.45) is 2.98. The average molecular weight is 551 g/mol. The molecule has 1 aliphatic heterocycles. The summed E-state index contributed by atoms with van der Waals surface area (Å²) >= 11 is 13.7. The van der Waals surface area contributed by atoms with E-state index in [1.165, 1.54) is 22.3 Å². The number of allylic oxidation sites excluding steroid dienone is 1. The van der Waals surface area contributed by atoms with Crippen LogP contribution in [0.2, 0.25) is 10.0 Å². The first kappa shape index (κ1) is 25.0. The zero-order chi connectivity index (χ0) is 26.1. The molecular weight excluding hydrogens is 531 g/mol. The van der Waals surface area contributed by atoms with Gasteiger partial charge in [0.05, 0.1) is 38.5 Å². The topological polar surface area (TPSA) is 79.7 Å². The number of anilines is 1. The molecule has 0 fully saturated rings. The summed E-state index contributed by atoms with van der Waals surface area (Å²) in [5.74, 6) is -1.18. The second kappa shape index (κ2) is 10.4. The number of aliphatic hydroxyl groups excluding tert-OH is 1. The van der Waals surface area contributed by atoms with E-state index < -0.39 is 23.5 Å². The van der Waals surface area contributed by atoms with E-state index in [9.17, 15) is 14.7 Å². The Kier molecular flexibility index (Phi) is 7.02. The van der Waals surface area contributed by atoms with Crippen LogP contribution in [0.3, 0.4) is 0 Å². The third-order valence-electron chi connectivity index (χ3n) is 5.83. The maximum absolute atomic E-state index is 13.4. The molecule has 4 aromatic rings. The van der Waals surface area contributed by atoms with Gasteiger partial charge in [0, 0.05) is 0 Å². The van der Waals surface area contributed by atoms with E-state index >= 15 is 0 Å². The number of carbonyl (C=O) groups excluding carboxylic acids is 2. The number of ether oxygens (including phenoxy) is 1. The van der Waals surface area contributed by atoms with Crippen molar-refractivity contribution in [3.05, 3.63) is 105 Å². The number of thiazole rings is 1. The van der Waals surface area contributed by atoms with Gasteiger partial charge in [0.25, 0.3) is 5.91 Å². The van der Waals surface area contributed by atoms with Crippen molar-refractivity contribution < 1.29 is 19.4 Å². The van der Waals surface area contributed by atoms with E-state index in [1.54, 1.807) is 36.4 Å². The van der Waals surface area contributed by atoms with Gasteiger partial charge < -0.3 is 9.84 Å². The van der Waals surface area contributed by atoms with Gasteiger partial charge in [-0.25, -0.2) is 4.98 Å². The molecule has 1 aliphatic rings. The number of hydrogen-bond donors (Lipinski definition) is 1. The van der Waals surface area contributed by atoms with Gasteiger partial charge in [-0.15, -0.1) is 0 Å². The lowest BCUT2D eigenvalue weighted by Crippen LogP contribution is -2.30. The van der Waals surface area contributed by atoms with Crippen LogP contribution >= 0.6 is 34.5 Å². The van der Waals surface area contributed by atoms with Crippen molar-refractivity contribution in [2.75, 3.05) is 11.5 Å². The molecule has 186 valence electrons. The predicted octanol–water partition coefficient (Wildman–Crippen LogP) is 7.18. The highest BCUT2D eigenvalue weighted by molar-refractivity contribution is 7.22. The number of hydrogen-bond acceptors (Lipinski definition) is 6. The zero-order valence-electron chi connectivity index (χ0n) is 19.5. The van der Waals surface area contributed by atoms with Crippen LogP contribution in [0.15, 0.2) is 84.1 Å². The van der Waals surface area contributed by atoms with Crippen molar-refractivity contribution >= 4 is 67.7 Å². The molecule has 2 heterocycles. The van der Waals surface area contributed by atoms with E-state index in [1.807, 2.05) is 43.3 Å². The highest BCUT2D eigenvalue weighted by Crippen LogP contribution is 2.44. The Labute approximate surface area is 227 Å². The first-order valence-corrected chi connectivity index (χ1v) is 13.0. The van der Waals surface area contributed by atoms with Crippen LogP contribution in [0.4, 0.5) is 5.13 Å². The molecule has 1 amide bonds. The van der Waals surface area contributed by atoms with Crippen molar-refractivity contribution in [2.24, 2.45) is 0 Å². The molecule has 3 aromatic carbocycles. The SMILES string of the molecule is CCOc1ccc2nc(N3C(=O)C(O)=C(C(=O)/C=C/c4ccccc4)C3c3ccc(Cl)c(Cl)c3)sc2c1. The molecule has 5 rings (SSSR count). The minimum Gasteiger partial charge on any atom is -0.503 e. The van der Waals surface area contributed by atoms with Crippen LogP contribution in [0, 0.1) is 0 Å². The zero-order valence-corrected chi connectivity index (χ0v) is 21.8. The number of aliphatic hydroxyl groups is 1. The number of rotatable bonds is 7. The van der Waals surface area contributed by atoms with Crippen LogP contribution in [-0.2, 0) is 9.59 Å². The lowest BCUT2D eigenvalue weighted by Gasteiger charge is -2.24. The summed E-state index contributed by atoms with van der Waals surface area (Å²) in [5, 5.41) is 11.8. The third kappa shape index (κ3) is 4.85. The Bertz CT molecular complexity index is 1580. The van der Waals surface area contributed by atoms with Crippen molar-refractivity contribution in [1.29, 1.82) is 0 Å². The molecule has 9 heteroatoms. The molecule has 0 spiro atoms. The van der Waals surface area contributed by atoms with Gasteiger partial charge in [-0.05, 0) is 54.5 Å². The Morgan fingerprint density at radius 3 is 2.62 bits per heavy atom. The lowest BCUT2D eigenvalue weighted by atomic mass is 9.96. The number of ketones is 1. The number of amides is 1. The molecule has 0 saturated carbocycles. The van der Waals surface area contributed by atoms with Gasteiger partial charge in [-0.2, -0.15) is 0 Å². The summed E-state index contributed by atoms with van der Waals surface area (Å²) in [5.41, 5.74) is 1.91. The van der Waals surface area contributed by atoms with Crippen LogP contribution in [-0.4, -0.2) is 28.4 Å². The molecule has 1 unspecified atom stereocenters. The van der Waals surface area contributed by atoms with Gasteiger partial charge in [0.1, 0.15) is 5.75 Å². The van der Waals surface area contributed by atoms with E-state index in [4.69, 9.17) is 27.9 Å². The molecule has 0 radical (unpaired) electrons. The Hall–Kier alpha value is -3.65. The predicted molar refractivity (Wildman–Crippen MR) is 148 cm³/mol. The first-order valence-electron chi connectivity index (χ1n) is 11.4. The number of nitrogens with zero attached hydrogens (tertiary/aromatic N) is 2. The first-order chi connectivity index (χ1) is 17.9. The Balaban J connectivity index is 1.60. The largest absolute Gasteiger partial charge is 0.503 e. The second-order valence-corrected chi connectivity index (χ2v) is 10.0. The monoisotopic (exact) mass is 550 g/mol. The standard InChI is InChI=1S/C28H20Cl2N2O4S/c1-2-36-18-10-12-21-23(15-18)37-28(31-21)32-25(17-9-11-19(29)20(30)14-17)24(26(34)27(32)35)22(33)13-8-16-6-4-3-5-7-16/h3-15,25,34H,2H2,1H3/b13-8+. The van der Waals surface area contributed by atoms with Crippen LogP contribution in [0.25, 0.3) is 16.3 Å². The second-order valence-electron chi connectivity index (χ2n) is 8.18. The number of aromatic nitrogens is 1. The molecule has 1 aromatic heterocycles. The fourth-order valence-electron chi connectivity index (χ4n) is 4.13. The van der Waals surface area contributed by atoms with Crippen LogP contribution in [0.1, 0.15) is 24.1 Å². The minimum atomic E-state index is -0.956. The van der Waals surface area contributed by atoms with Crippen LogP contribution in [0.5, 0.6) is 5.75 Å². The van der Waals surface area contributed by atoms with Crippen molar-refractivity contribution in [1.82, 2.24) is 4.98 Å². The number of carbonyl (C=O) groups is 2. The van der Waals surface area contributed by atoms with E-state index in [2.05, 4.69) is 4.98 Å². The number of fused-ring (bicyclic) bond motifs is 1. The molecule has 0 saturated heterocycles. The summed E-state index contributed by atoms with van der Waals surface area (Å²) in [6, 6.07) is 18.6. The molecule has 1 N–H and O–H groups in total. The highest BCUT2D eigenvalue weighted by atomic mass is 35.5. The lowest BCUT2D eigenvalue weighted by molar-refractivity contribution is -0.117. The summed E-state index contributed by atoms with van der Waals surface area (Å²) in [4.78, 5) is 32.7. The van der Waals surface area contributed by atoms with E-state index in [-0.39, 0.29) is 10.6 Å². The minimum absolute atomic E-state index is 0.0650. The van der Waals surface area contributed by atoms with Gasteiger partial charge >= 0.3 is 0 Å². The van der Waals surface area contributed by atoms with Crippen molar-refractivity contribution in [3.8, 4) is 5.75 Å². The maximum atomic E-state index is 13.4. The average Bonchev–Trinajstić information content (AvgIpc) is 3.43. The fourth-order valence-corrected chi connectivity index (χ4v) is 5.46. The van der Waals surface area contributed by atoms with Gasteiger partial charge in [0.15, 0.2) is 16.7 Å².